The van der Waals surface area contributed by atoms with E-state index in [1.54, 1.807) is 6.08 Å². The average Bonchev–Trinajstić information content (AvgIpc) is 1.91. The van der Waals surface area contributed by atoms with Crippen LogP contribution in [0, 0.1) is 0 Å². The van der Waals surface area contributed by atoms with Crippen LogP contribution in [0.1, 0.15) is 5.56 Å². The van der Waals surface area contributed by atoms with Crippen LogP contribution >= 0.6 is 0 Å². The van der Waals surface area contributed by atoms with Gasteiger partial charge in [-0.25, -0.2) is 0 Å². The van der Waals surface area contributed by atoms with Crippen molar-refractivity contribution in [2.24, 2.45) is 0 Å². The van der Waals surface area contributed by atoms with E-state index in [2.05, 4.69) is 0 Å². The molecule has 0 saturated carbocycles. The summed E-state index contributed by atoms with van der Waals surface area (Å²) in [5.41, 5.74) is 1.01. The van der Waals surface area contributed by atoms with Crippen LogP contribution in [0.5, 0.6) is 0 Å². The van der Waals surface area contributed by atoms with Gasteiger partial charge in [0.1, 0.15) is 0 Å². The fraction of sp³-hybridized carbons (Fsp3) is 0. The van der Waals surface area contributed by atoms with E-state index in [0.29, 0.717) is 0 Å². The van der Waals surface area contributed by atoms with Crippen molar-refractivity contribution in [3.63, 3.8) is 0 Å². The normalized spacial score (nSPS) is 10.2. The van der Waals surface area contributed by atoms with Crippen molar-refractivity contribution in [2.75, 3.05) is 0 Å². The monoisotopic (exact) mass is 120 g/mol. The number of hydrogen-bond acceptors (Lipinski definition) is 1. The molecule has 0 aliphatic rings. The predicted molar refractivity (Wildman–Crippen MR) is 38.1 cm³/mol. The number of hydrogen-bond donors (Lipinski definition) is 1. The van der Waals surface area contributed by atoms with Gasteiger partial charge in [-0.3, -0.25) is 0 Å². The Bertz CT molecular complexity index is 189. The van der Waals surface area contributed by atoms with Gasteiger partial charge in [-0.05, 0) is 11.6 Å². The molecular weight excluding hydrogens is 112 g/mol. The lowest BCUT2D eigenvalue weighted by Gasteiger charge is -1.86. The molecule has 1 aromatic carbocycles. The minimum Gasteiger partial charge on any atom is -0.516 e. The lowest BCUT2D eigenvalue weighted by atomic mass is 10.2. The van der Waals surface area contributed by atoms with Gasteiger partial charge in [-0.1, -0.05) is 30.3 Å². The second kappa shape index (κ2) is 2.92. The van der Waals surface area contributed by atoms with Crippen molar-refractivity contribution in [3.8, 4) is 0 Å². The summed E-state index contributed by atoms with van der Waals surface area (Å²) in [4.78, 5) is 0. The van der Waals surface area contributed by atoms with Crippen LogP contribution in [0.15, 0.2) is 36.6 Å². The molecule has 0 aliphatic carbocycles. The Hall–Kier alpha value is -1.24. The summed E-state index contributed by atoms with van der Waals surface area (Å²) in [5, 5.41) is 8.34. The highest BCUT2D eigenvalue weighted by Gasteiger charge is 1.78. The van der Waals surface area contributed by atoms with Gasteiger partial charge >= 0.3 is 0 Å². The molecule has 1 N–H and O–H groups in total. The molecule has 0 unspecified atom stereocenters. The van der Waals surface area contributed by atoms with Gasteiger partial charge in [-0.15, -0.1) is 0 Å². The molecule has 0 fully saturated rings. The maximum absolute atomic E-state index is 8.34. The fourth-order valence-corrected chi connectivity index (χ4v) is 0.650. The summed E-state index contributed by atoms with van der Waals surface area (Å²) in [6.45, 7) is 0. The molecule has 9 heavy (non-hydrogen) atoms. The molecule has 1 nitrogen and oxygen atoms in total. The second-order valence-electron chi connectivity index (χ2n) is 1.73. The third-order valence-corrected chi connectivity index (χ3v) is 1.07. The third-order valence-electron chi connectivity index (χ3n) is 1.07. The number of aliphatic hydroxyl groups excluding tert-OH is 1. The van der Waals surface area contributed by atoms with Crippen LogP contribution in [0.3, 0.4) is 0 Å². The molecular formula is C8H8O. The molecule has 0 saturated heterocycles. The van der Waals surface area contributed by atoms with Crippen LogP contribution in [0.25, 0.3) is 6.08 Å². The molecule has 0 spiro atoms. The molecule has 1 heteroatoms. The summed E-state index contributed by atoms with van der Waals surface area (Å²) < 4.78 is 0. The van der Waals surface area contributed by atoms with Gasteiger partial charge in [0, 0.05) is 0 Å². The van der Waals surface area contributed by atoms with Crippen molar-refractivity contribution < 1.29 is 5.11 Å². The van der Waals surface area contributed by atoms with E-state index in [4.69, 9.17) is 5.11 Å². The van der Waals surface area contributed by atoms with E-state index >= 15 is 0 Å². The Balaban J connectivity index is 2.85. The molecule has 0 aromatic heterocycles. The molecule has 0 amide bonds. The number of aliphatic hydroxyl groups is 1. The highest BCUT2D eigenvalue weighted by Crippen LogP contribution is 1.98. The van der Waals surface area contributed by atoms with Crippen molar-refractivity contribution >= 4 is 6.08 Å². The zero-order chi connectivity index (χ0) is 6.53. The van der Waals surface area contributed by atoms with E-state index in [1.165, 1.54) is 0 Å². The molecule has 46 valence electrons. The van der Waals surface area contributed by atoms with Crippen LogP contribution < -0.4 is 0 Å². The van der Waals surface area contributed by atoms with E-state index < -0.39 is 0 Å². The Kier molecular flexibility index (Phi) is 1.91. The van der Waals surface area contributed by atoms with E-state index in [-0.39, 0.29) is 0 Å². The van der Waals surface area contributed by atoms with E-state index in [0.717, 1.165) is 11.8 Å². The van der Waals surface area contributed by atoms with Gasteiger partial charge in [0.15, 0.2) is 0 Å². The smallest absolute Gasteiger partial charge is 0.0797 e. The molecule has 0 bridgehead atoms. The molecule has 0 atom stereocenters. The van der Waals surface area contributed by atoms with E-state index in [1.807, 2.05) is 30.3 Å². The molecule has 1 rings (SSSR count). The van der Waals surface area contributed by atoms with Crippen molar-refractivity contribution in [3.05, 3.63) is 42.2 Å². The quantitative estimate of drug-likeness (QED) is 0.563. The maximum Gasteiger partial charge on any atom is 0.0797 e. The third kappa shape index (κ3) is 1.61. The topological polar surface area (TPSA) is 20.2 Å². The summed E-state index contributed by atoms with van der Waals surface area (Å²) in [7, 11) is 0. The zero-order valence-electron chi connectivity index (χ0n) is 4.99. The first kappa shape index (κ1) is 5.89. The fourth-order valence-electron chi connectivity index (χ4n) is 0.650. The van der Waals surface area contributed by atoms with Gasteiger partial charge in [0.05, 0.1) is 6.26 Å². The average molecular weight is 120 g/mol. The second-order valence-corrected chi connectivity index (χ2v) is 1.73. The van der Waals surface area contributed by atoms with Crippen molar-refractivity contribution in [2.45, 2.75) is 0 Å². The number of rotatable bonds is 1. The first-order valence-corrected chi connectivity index (χ1v) is 2.79. The lowest BCUT2D eigenvalue weighted by molar-refractivity contribution is 0.478. The first-order valence-electron chi connectivity index (χ1n) is 2.79. The van der Waals surface area contributed by atoms with Gasteiger partial charge in [0.2, 0.25) is 0 Å². The SMILES string of the molecule is O/C=C/c1ccccc1. The lowest BCUT2D eigenvalue weighted by Crippen LogP contribution is -1.66. The molecule has 0 heterocycles. The number of benzene rings is 1. The highest BCUT2D eigenvalue weighted by molar-refractivity contribution is 5.47. The Morgan fingerprint density at radius 2 is 1.78 bits per heavy atom. The Morgan fingerprint density at radius 1 is 1.11 bits per heavy atom. The summed E-state index contributed by atoms with van der Waals surface area (Å²) in [6.07, 6.45) is 2.68. The Morgan fingerprint density at radius 3 is 2.33 bits per heavy atom. The minimum absolute atomic E-state index is 1.01. The molecule has 1 aromatic rings. The standard InChI is InChI=1S/C8H8O/c9-7-6-8-4-2-1-3-5-8/h1-7,9H/b7-6+. The van der Waals surface area contributed by atoms with Crippen LogP contribution in [-0.2, 0) is 0 Å². The summed E-state index contributed by atoms with van der Waals surface area (Å²) in [6, 6.07) is 9.64. The maximum atomic E-state index is 8.34. The molecule has 0 aliphatic heterocycles. The summed E-state index contributed by atoms with van der Waals surface area (Å²) in [5.74, 6) is 0. The van der Waals surface area contributed by atoms with Crippen LogP contribution in [0.4, 0.5) is 0 Å². The van der Waals surface area contributed by atoms with Crippen LogP contribution in [-0.4, -0.2) is 5.11 Å². The van der Waals surface area contributed by atoms with E-state index in [9.17, 15) is 0 Å². The van der Waals surface area contributed by atoms with Crippen LogP contribution in [0.2, 0.25) is 0 Å². The van der Waals surface area contributed by atoms with Gasteiger partial charge in [-0.2, -0.15) is 0 Å². The Labute approximate surface area is 54.3 Å². The summed E-state index contributed by atoms with van der Waals surface area (Å²) >= 11 is 0. The largest absolute Gasteiger partial charge is 0.516 e. The minimum atomic E-state index is 1.01. The zero-order valence-corrected chi connectivity index (χ0v) is 4.99. The highest BCUT2D eigenvalue weighted by atomic mass is 16.2. The predicted octanol–water partition coefficient (Wildman–Crippen LogP) is 2.22. The van der Waals surface area contributed by atoms with Crippen molar-refractivity contribution in [1.82, 2.24) is 0 Å². The molecule has 0 radical (unpaired) electrons. The van der Waals surface area contributed by atoms with Crippen molar-refractivity contribution in [1.29, 1.82) is 0 Å². The van der Waals surface area contributed by atoms with Gasteiger partial charge in [0.25, 0.3) is 0 Å². The van der Waals surface area contributed by atoms with Gasteiger partial charge < -0.3 is 5.11 Å². The first-order chi connectivity index (χ1) is 4.43.